The normalized spacial score (nSPS) is 24.3. The van der Waals surface area contributed by atoms with E-state index in [0.717, 1.165) is 0 Å². The predicted octanol–water partition coefficient (Wildman–Crippen LogP) is 5.32. The lowest BCUT2D eigenvalue weighted by atomic mass is 9.83. The topological polar surface area (TPSA) is 84.7 Å². The Morgan fingerprint density at radius 1 is 1.02 bits per heavy atom. The summed E-state index contributed by atoms with van der Waals surface area (Å²) in [7, 11) is 0. The molecular formula is C28H30F7N3O3. The Kier molecular flexibility index (Phi) is 8.18. The first-order valence-electron chi connectivity index (χ1n) is 12.9. The Morgan fingerprint density at radius 3 is 2.10 bits per heavy atom. The fourth-order valence-corrected chi connectivity index (χ4v) is 5.64. The summed E-state index contributed by atoms with van der Waals surface area (Å²) >= 11 is 0. The van der Waals surface area contributed by atoms with Crippen LogP contribution in [0.4, 0.5) is 30.7 Å². The number of carbonyl (C=O) groups excluding carboxylic acids is 2. The van der Waals surface area contributed by atoms with Crippen LogP contribution >= 0.6 is 0 Å². The predicted molar refractivity (Wildman–Crippen MR) is 134 cm³/mol. The first-order valence-corrected chi connectivity index (χ1v) is 12.9. The molecule has 3 N–H and O–H groups in total. The molecule has 0 aliphatic carbocycles. The summed E-state index contributed by atoms with van der Waals surface area (Å²) in [5.41, 5.74) is 1.68. The summed E-state index contributed by atoms with van der Waals surface area (Å²) in [6, 6.07) is 5.77. The number of amides is 2. The van der Waals surface area contributed by atoms with Gasteiger partial charge < -0.3 is 20.7 Å². The molecule has 1 unspecified atom stereocenters. The molecule has 13 heteroatoms. The average molecular weight is 590 g/mol. The lowest BCUT2D eigenvalue weighted by Gasteiger charge is -2.39. The molecule has 2 aliphatic heterocycles. The van der Waals surface area contributed by atoms with Gasteiger partial charge in [-0.15, -0.1) is 0 Å². The molecule has 0 radical (unpaired) electrons. The second-order valence-electron chi connectivity index (χ2n) is 11.1. The Morgan fingerprint density at radius 2 is 1.59 bits per heavy atom. The van der Waals surface area contributed by atoms with Gasteiger partial charge in [0, 0.05) is 31.0 Å². The molecule has 0 saturated carbocycles. The highest BCUT2D eigenvalue weighted by Gasteiger charge is 2.50. The number of nitrogens with zero attached hydrogens (tertiary/aromatic N) is 1. The molecule has 2 amide bonds. The molecule has 2 saturated heterocycles. The van der Waals surface area contributed by atoms with Gasteiger partial charge in [0.2, 0.25) is 11.8 Å². The third kappa shape index (κ3) is 6.66. The van der Waals surface area contributed by atoms with E-state index >= 15 is 0 Å². The van der Waals surface area contributed by atoms with Crippen LogP contribution < -0.4 is 11.1 Å². The molecule has 0 bridgehead atoms. The Hall–Kier alpha value is -3.19. The molecule has 0 aromatic heterocycles. The third-order valence-electron chi connectivity index (χ3n) is 7.75. The first kappa shape index (κ1) is 30.8. The summed E-state index contributed by atoms with van der Waals surface area (Å²) in [5.74, 6) is -2.00. The SMILES string of the molecule is C[C@@H](O[C@H]1CN2C(=O)CC(NC(C)(C)C(N)=O)C[C@H]2[C@@H]1c1ccc(F)cc1)c1cc(C(F)(F)F)cc(C(F)(F)F)c1. The van der Waals surface area contributed by atoms with Crippen LogP contribution in [0.2, 0.25) is 0 Å². The maximum Gasteiger partial charge on any atom is 0.416 e. The Balaban J connectivity index is 1.68. The van der Waals surface area contributed by atoms with Crippen molar-refractivity contribution in [1.29, 1.82) is 0 Å². The van der Waals surface area contributed by atoms with Crippen molar-refractivity contribution >= 4 is 11.8 Å². The molecule has 2 aromatic rings. The van der Waals surface area contributed by atoms with Crippen molar-refractivity contribution in [3.63, 3.8) is 0 Å². The van der Waals surface area contributed by atoms with E-state index in [1.807, 2.05) is 0 Å². The highest BCUT2D eigenvalue weighted by Crippen LogP contribution is 2.44. The zero-order valence-corrected chi connectivity index (χ0v) is 22.4. The number of nitrogens with one attached hydrogen (secondary N) is 1. The smallest absolute Gasteiger partial charge is 0.368 e. The number of ether oxygens (including phenoxy) is 1. The van der Waals surface area contributed by atoms with Crippen LogP contribution in [0.25, 0.3) is 0 Å². The number of rotatable bonds is 7. The zero-order chi connectivity index (χ0) is 30.5. The zero-order valence-electron chi connectivity index (χ0n) is 22.4. The number of nitrogens with two attached hydrogens (primary N) is 1. The van der Waals surface area contributed by atoms with Gasteiger partial charge in [0.1, 0.15) is 5.82 Å². The third-order valence-corrected chi connectivity index (χ3v) is 7.75. The van der Waals surface area contributed by atoms with E-state index in [1.165, 1.54) is 31.2 Å². The standard InChI is InChI=1S/C28H30F7N3O3/c1-14(16-8-17(27(30,31)32)10-18(9-16)28(33,34)35)41-22-13-38-21(24(22)15-4-6-19(29)7-5-15)11-20(12-23(38)39)37-26(2,3)25(36)40/h4-10,14,20-22,24,37H,11-13H2,1-3H3,(H2,36,40)/t14-,20?,21+,22+,24+/m1/s1. The lowest BCUT2D eigenvalue weighted by molar-refractivity contribution is -0.143. The van der Waals surface area contributed by atoms with Crippen LogP contribution in [0.5, 0.6) is 0 Å². The van der Waals surface area contributed by atoms with E-state index in [9.17, 15) is 40.3 Å². The second-order valence-corrected chi connectivity index (χ2v) is 11.1. The average Bonchev–Trinajstić information content (AvgIpc) is 3.21. The van der Waals surface area contributed by atoms with Crippen molar-refractivity contribution in [2.45, 2.75) is 81.7 Å². The summed E-state index contributed by atoms with van der Waals surface area (Å²) in [5, 5.41) is 3.11. The monoisotopic (exact) mass is 589 g/mol. The Bertz CT molecular complexity index is 1260. The summed E-state index contributed by atoms with van der Waals surface area (Å²) in [4.78, 5) is 26.6. The molecule has 41 heavy (non-hydrogen) atoms. The van der Waals surface area contributed by atoms with Crippen molar-refractivity contribution in [2.75, 3.05) is 6.54 Å². The van der Waals surface area contributed by atoms with E-state index in [-0.39, 0.29) is 30.5 Å². The van der Waals surface area contributed by atoms with Crippen LogP contribution in [0, 0.1) is 5.82 Å². The van der Waals surface area contributed by atoms with Crippen LogP contribution in [0.3, 0.4) is 0 Å². The number of carbonyl (C=O) groups is 2. The second kappa shape index (κ2) is 10.9. The Labute approximate surface area is 232 Å². The fourth-order valence-electron chi connectivity index (χ4n) is 5.64. The quantitative estimate of drug-likeness (QED) is 0.429. The van der Waals surface area contributed by atoms with Gasteiger partial charge in [-0.25, -0.2) is 4.39 Å². The largest absolute Gasteiger partial charge is 0.416 e. The number of piperidine rings is 1. The summed E-state index contributed by atoms with van der Waals surface area (Å²) in [6.45, 7) is 4.52. The summed E-state index contributed by atoms with van der Waals surface area (Å²) < 4.78 is 101. The van der Waals surface area contributed by atoms with Crippen LogP contribution in [0.15, 0.2) is 42.5 Å². The van der Waals surface area contributed by atoms with E-state index in [0.29, 0.717) is 24.1 Å². The van der Waals surface area contributed by atoms with E-state index in [1.54, 1.807) is 18.7 Å². The van der Waals surface area contributed by atoms with Gasteiger partial charge in [-0.1, -0.05) is 12.1 Å². The molecule has 0 spiro atoms. The minimum absolute atomic E-state index is 0.0207. The maximum absolute atomic E-state index is 13.8. The van der Waals surface area contributed by atoms with Crippen LogP contribution in [-0.2, 0) is 26.7 Å². The maximum atomic E-state index is 13.8. The molecule has 5 atom stereocenters. The summed E-state index contributed by atoms with van der Waals surface area (Å²) in [6.07, 6.45) is -11.7. The van der Waals surface area contributed by atoms with Gasteiger partial charge in [0.15, 0.2) is 0 Å². The molecule has 2 fully saturated rings. The minimum Gasteiger partial charge on any atom is -0.368 e. The first-order chi connectivity index (χ1) is 18.9. The van der Waals surface area contributed by atoms with Gasteiger partial charge in [-0.3, -0.25) is 9.59 Å². The van der Waals surface area contributed by atoms with Crippen molar-refractivity contribution in [3.8, 4) is 0 Å². The van der Waals surface area contributed by atoms with Gasteiger partial charge in [-0.2, -0.15) is 26.3 Å². The van der Waals surface area contributed by atoms with Crippen molar-refractivity contribution in [1.82, 2.24) is 10.2 Å². The fraction of sp³-hybridized carbons (Fsp3) is 0.500. The van der Waals surface area contributed by atoms with E-state index in [2.05, 4.69) is 5.32 Å². The molecule has 2 aromatic carbocycles. The van der Waals surface area contributed by atoms with Crippen molar-refractivity contribution in [2.24, 2.45) is 5.73 Å². The number of primary amides is 1. The number of alkyl halides is 6. The van der Waals surface area contributed by atoms with Crippen molar-refractivity contribution < 1.29 is 45.1 Å². The highest BCUT2D eigenvalue weighted by molar-refractivity contribution is 5.84. The van der Waals surface area contributed by atoms with Crippen molar-refractivity contribution in [3.05, 3.63) is 70.5 Å². The number of hydrogen-bond donors (Lipinski definition) is 2. The minimum atomic E-state index is -5.02. The molecule has 224 valence electrons. The molecule has 4 rings (SSSR count). The van der Waals surface area contributed by atoms with Gasteiger partial charge >= 0.3 is 12.4 Å². The van der Waals surface area contributed by atoms with E-state index in [4.69, 9.17) is 10.5 Å². The molecule has 2 heterocycles. The molecular weight excluding hydrogens is 559 g/mol. The molecule has 6 nitrogen and oxygen atoms in total. The lowest BCUT2D eigenvalue weighted by Crippen LogP contribution is -2.59. The number of benzene rings is 2. The van der Waals surface area contributed by atoms with Gasteiger partial charge in [0.25, 0.3) is 0 Å². The van der Waals surface area contributed by atoms with Gasteiger partial charge in [-0.05, 0) is 68.7 Å². The van der Waals surface area contributed by atoms with Crippen LogP contribution in [-0.4, -0.2) is 47.0 Å². The highest BCUT2D eigenvalue weighted by atomic mass is 19.4. The number of fused-ring (bicyclic) bond motifs is 1. The van der Waals surface area contributed by atoms with E-state index < -0.39 is 71.0 Å². The molecule has 2 aliphatic rings. The number of hydrogen-bond acceptors (Lipinski definition) is 4. The number of halogens is 7. The van der Waals surface area contributed by atoms with Gasteiger partial charge in [0.05, 0.1) is 28.9 Å². The van der Waals surface area contributed by atoms with Crippen LogP contribution in [0.1, 0.15) is 67.9 Å².